The molecule has 0 aromatic heterocycles. The third kappa shape index (κ3) is 4.17. The number of rotatable bonds is 5. The first-order valence-corrected chi connectivity index (χ1v) is 11.5. The summed E-state index contributed by atoms with van der Waals surface area (Å²) in [6.45, 7) is 0.305. The van der Waals surface area contributed by atoms with E-state index in [9.17, 15) is 14.9 Å². The van der Waals surface area contributed by atoms with Crippen LogP contribution in [-0.2, 0) is 16.1 Å². The maximum absolute atomic E-state index is 14.1. The highest BCUT2D eigenvalue weighted by Crippen LogP contribution is 2.43. The van der Waals surface area contributed by atoms with E-state index in [4.69, 9.17) is 4.74 Å². The number of esters is 1. The fraction of sp³-hybridized carbons (Fsp3) is 0.0645. The van der Waals surface area contributed by atoms with E-state index in [1.165, 1.54) is 7.11 Å². The SMILES string of the molecule is COC(=O)c1cccc(CN2C(=O)C(=C(c3ccccc3)c3ccc(C#N)cc3)c3ccccc32)c1. The van der Waals surface area contributed by atoms with Crippen molar-refractivity contribution in [3.63, 3.8) is 0 Å². The highest BCUT2D eigenvalue weighted by Gasteiger charge is 2.35. The number of carbonyl (C=O) groups is 2. The lowest BCUT2D eigenvalue weighted by molar-refractivity contribution is -0.113. The van der Waals surface area contributed by atoms with Crippen LogP contribution in [-0.4, -0.2) is 19.0 Å². The van der Waals surface area contributed by atoms with Gasteiger partial charge in [-0.3, -0.25) is 4.79 Å². The first-order chi connectivity index (χ1) is 17.6. The molecule has 0 spiro atoms. The Hall–Kier alpha value is -4.95. The molecule has 0 N–H and O–H groups in total. The lowest BCUT2D eigenvalue weighted by atomic mass is 9.90. The molecule has 0 fully saturated rings. The number of methoxy groups -OCH3 is 1. The summed E-state index contributed by atoms with van der Waals surface area (Å²) in [6, 6.07) is 34.1. The van der Waals surface area contributed by atoms with Gasteiger partial charge in [-0.25, -0.2) is 4.79 Å². The van der Waals surface area contributed by atoms with Gasteiger partial charge in [0.25, 0.3) is 5.91 Å². The van der Waals surface area contributed by atoms with Crippen molar-refractivity contribution in [2.75, 3.05) is 12.0 Å². The molecule has 36 heavy (non-hydrogen) atoms. The molecule has 4 aromatic rings. The quantitative estimate of drug-likeness (QED) is 0.271. The van der Waals surface area contributed by atoms with E-state index >= 15 is 0 Å². The van der Waals surface area contributed by atoms with E-state index in [-0.39, 0.29) is 5.91 Å². The van der Waals surface area contributed by atoms with Gasteiger partial charge in [0.15, 0.2) is 0 Å². The molecule has 5 nitrogen and oxygen atoms in total. The average Bonchev–Trinajstić information content (AvgIpc) is 3.20. The zero-order valence-electron chi connectivity index (χ0n) is 19.6. The lowest BCUT2D eigenvalue weighted by Crippen LogP contribution is -2.26. The van der Waals surface area contributed by atoms with Crippen molar-refractivity contribution >= 4 is 28.7 Å². The highest BCUT2D eigenvalue weighted by atomic mass is 16.5. The zero-order valence-corrected chi connectivity index (χ0v) is 19.6. The lowest BCUT2D eigenvalue weighted by Gasteiger charge is -2.18. The Balaban J connectivity index is 1.67. The van der Waals surface area contributed by atoms with Gasteiger partial charge < -0.3 is 9.64 Å². The second kappa shape index (κ2) is 9.73. The molecule has 0 saturated carbocycles. The average molecular weight is 471 g/mol. The highest BCUT2D eigenvalue weighted by molar-refractivity contribution is 6.38. The Labute approximate surface area is 209 Å². The fourth-order valence-corrected chi connectivity index (χ4v) is 4.55. The number of anilines is 1. The monoisotopic (exact) mass is 470 g/mol. The molecule has 4 aromatic carbocycles. The van der Waals surface area contributed by atoms with E-state index < -0.39 is 5.97 Å². The smallest absolute Gasteiger partial charge is 0.337 e. The van der Waals surface area contributed by atoms with Gasteiger partial charge in [-0.1, -0.05) is 72.8 Å². The van der Waals surface area contributed by atoms with Gasteiger partial charge in [-0.15, -0.1) is 0 Å². The van der Waals surface area contributed by atoms with E-state index in [1.54, 1.807) is 35.2 Å². The van der Waals surface area contributed by atoms with Crippen LogP contribution in [0.1, 0.15) is 38.2 Å². The van der Waals surface area contributed by atoms with Crippen LogP contribution in [0.4, 0.5) is 5.69 Å². The minimum atomic E-state index is -0.419. The topological polar surface area (TPSA) is 70.4 Å². The fourth-order valence-electron chi connectivity index (χ4n) is 4.55. The Morgan fingerprint density at radius 1 is 0.833 bits per heavy atom. The van der Waals surface area contributed by atoms with Gasteiger partial charge in [0.2, 0.25) is 0 Å². The van der Waals surface area contributed by atoms with Gasteiger partial charge in [-0.05, 0) is 47.0 Å². The molecule has 0 unspecified atom stereocenters. The third-order valence-corrected chi connectivity index (χ3v) is 6.23. The normalized spacial score (nSPS) is 13.7. The number of hydrogen-bond donors (Lipinski definition) is 0. The van der Waals surface area contributed by atoms with Gasteiger partial charge in [0, 0.05) is 11.1 Å². The zero-order chi connectivity index (χ0) is 25.1. The summed E-state index contributed by atoms with van der Waals surface area (Å²) >= 11 is 0. The van der Waals surface area contributed by atoms with Gasteiger partial charge >= 0.3 is 5.97 Å². The molecule has 0 radical (unpaired) electrons. The number of carbonyl (C=O) groups excluding carboxylic acids is 2. The molecule has 0 atom stereocenters. The summed E-state index contributed by atoms with van der Waals surface area (Å²) < 4.78 is 4.85. The minimum absolute atomic E-state index is 0.122. The summed E-state index contributed by atoms with van der Waals surface area (Å²) in [4.78, 5) is 27.9. The second-order valence-electron chi connectivity index (χ2n) is 8.41. The second-order valence-corrected chi connectivity index (χ2v) is 8.41. The Morgan fingerprint density at radius 2 is 1.50 bits per heavy atom. The molecule has 5 rings (SSSR count). The van der Waals surface area contributed by atoms with Crippen molar-refractivity contribution in [3.05, 3.63) is 137 Å². The number of nitriles is 1. The van der Waals surface area contributed by atoms with Gasteiger partial charge in [0.05, 0.1) is 42.1 Å². The Bertz CT molecular complexity index is 1530. The Morgan fingerprint density at radius 3 is 2.22 bits per heavy atom. The van der Waals surface area contributed by atoms with Crippen LogP contribution in [0.5, 0.6) is 0 Å². The predicted molar refractivity (Wildman–Crippen MR) is 139 cm³/mol. The summed E-state index contributed by atoms with van der Waals surface area (Å²) in [7, 11) is 1.35. The molecule has 1 heterocycles. The number of ether oxygens (including phenoxy) is 1. The molecule has 1 aliphatic heterocycles. The van der Waals surface area contributed by atoms with E-state index in [0.717, 1.165) is 33.5 Å². The maximum Gasteiger partial charge on any atom is 0.337 e. The van der Waals surface area contributed by atoms with Crippen LogP contribution in [0.3, 0.4) is 0 Å². The van der Waals surface area contributed by atoms with Crippen LogP contribution in [0.15, 0.2) is 103 Å². The number of amides is 1. The van der Waals surface area contributed by atoms with Crippen molar-refractivity contribution < 1.29 is 14.3 Å². The van der Waals surface area contributed by atoms with Crippen molar-refractivity contribution in [2.45, 2.75) is 6.54 Å². The number of fused-ring (bicyclic) bond motifs is 1. The van der Waals surface area contributed by atoms with Crippen LogP contribution >= 0.6 is 0 Å². The summed E-state index contributed by atoms with van der Waals surface area (Å²) in [5.74, 6) is -0.541. The van der Waals surface area contributed by atoms with Crippen molar-refractivity contribution in [2.24, 2.45) is 0 Å². The molecule has 1 aliphatic rings. The van der Waals surface area contributed by atoms with E-state index in [1.807, 2.05) is 72.8 Å². The molecular weight excluding hydrogens is 448 g/mol. The van der Waals surface area contributed by atoms with E-state index in [0.29, 0.717) is 23.2 Å². The third-order valence-electron chi connectivity index (χ3n) is 6.23. The Kier molecular flexibility index (Phi) is 6.17. The predicted octanol–water partition coefficient (Wildman–Crippen LogP) is 5.85. The molecule has 0 bridgehead atoms. The molecule has 1 amide bonds. The molecular formula is C31H22N2O3. The van der Waals surface area contributed by atoms with Gasteiger partial charge in [0.1, 0.15) is 0 Å². The first-order valence-electron chi connectivity index (χ1n) is 11.5. The molecule has 0 aliphatic carbocycles. The van der Waals surface area contributed by atoms with Gasteiger partial charge in [-0.2, -0.15) is 5.26 Å². The summed E-state index contributed by atoms with van der Waals surface area (Å²) in [6.07, 6.45) is 0. The standard InChI is InChI=1S/C31H22N2O3/c1-36-31(35)25-11-7-8-22(18-25)20-33-27-13-6-5-12-26(27)29(30(33)34)28(23-9-3-2-4-10-23)24-16-14-21(19-32)15-17-24/h2-18H,20H2,1H3. The van der Waals surface area contributed by atoms with Crippen LogP contribution in [0.2, 0.25) is 0 Å². The number of nitrogens with zero attached hydrogens (tertiary/aromatic N) is 2. The largest absolute Gasteiger partial charge is 0.465 e. The van der Waals surface area contributed by atoms with E-state index in [2.05, 4.69) is 6.07 Å². The minimum Gasteiger partial charge on any atom is -0.465 e. The van der Waals surface area contributed by atoms with Crippen molar-refractivity contribution in [1.82, 2.24) is 0 Å². The number of para-hydroxylation sites is 1. The first kappa shape index (κ1) is 22.8. The molecule has 174 valence electrons. The van der Waals surface area contributed by atoms with Crippen LogP contribution in [0.25, 0.3) is 11.1 Å². The van der Waals surface area contributed by atoms with Crippen molar-refractivity contribution in [1.29, 1.82) is 5.26 Å². The van der Waals surface area contributed by atoms with Crippen molar-refractivity contribution in [3.8, 4) is 6.07 Å². The number of hydrogen-bond acceptors (Lipinski definition) is 4. The van der Waals surface area contributed by atoms with Crippen LogP contribution < -0.4 is 4.90 Å². The molecule has 5 heteroatoms. The summed E-state index contributed by atoms with van der Waals surface area (Å²) in [5, 5.41) is 9.26. The van der Waals surface area contributed by atoms with Crippen LogP contribution in [0, 0.1) is 11.3 Å². The molecule has 0 saturated heterocycles. The summed E-state index contributed by atoms with van der Waals surface area (Å²) in [5.41, 5.74) is 6.64. The number of benzene rings is 4. The maximum atomic E-state index is 14.1.